The maximum atomic E-state index is 10.6. The maximum absolute atomic E-state index is 10.6. The number of nitrogens with one attached hydrogen (secondary N) is 1. The molecule has 0 atom stereocenters. The number of primary amides is 1. The molecule has 7 nitrogen and oxygen atoms in total. The summed E-state index contributed by atoms with van der Waals surface area (Å²) < 4.78 is 11.1. The van der Waals surface area contributed by atoms with Gasteiger partial charge in [0.1, 0.15) is 5.75 Å². The second-order valence-electron chi connectivity index (χ2n) is 5.28. The molecule has 1 aromatic carbocycles. The molecule has 0 unspecified atom stereocenters. The van der Waals surface area contributed by atoms with Gasteiger partial charge in [-0.15, -0.1) is 0 Å². The van der Waals surface area contributed by atoms with E-state index in [2.05, 4.69) is 15.4 Å². The lowest BCUT2D eigenvalue weighted by Gasteiger charge is -2.26. The molecular weight excluding hydrogens is 296 g/mol. The summed E-state index contributed by atoms with van der Waals surface area (Å²) in [6.07, 6.45) is 3.61. The highest BCUT2D eigenvalue weighted by atomic mass is 16.5. The molecule has 2 amide bonds. The monoisotopic (exact) mass is 320 g/mol. The Labute approximate surface area is 136 Å². The van der Waals surface area contributed by atoms with Crippen molar-refractivity contribution in [1.29, 1.82) is 0 Å². The van der Waals surface area contributed by atoms with E-state index in [0.29, 0.717) is 6.61 Å². The Morgan fingerprint density at radius 2 is 2.13 bits per heavy atom. The molecule has 1 aromatic rings. The van der Waals surface area contributed by atoms with Gasteiger partial charge in [0.05, 0.1) is 26.0 Å². The van der Waals surface area contributed by atoms with Crippen molar-refractivity contribution in [3.05, 3.63) is 29.8 Å². The van der Waals surface area contributed by atoms with Crippen LogP contribution in [0.3, 0.4) is 0 Å². The first-order chi connectivity index (χ1) is 11.3. The number of morpholine rings is 1. The number of nitrogens with two attached hydrogens (primary N) is 1. The maximum Gasteiger partial charge on any atom is 0.332 e. The van der Waals surface area contributed by atoms with E-state index in [1.54, 1.807) is 0 Å². The van der Waals surface area contributed by atoms with Crippen molar-refractivity contribution in [1.82, 2.24) is 10.3 Å². The van der Waals surface area contributed by atoms with Crippen molar-refractivity contribution >= 4 is 12.2 Å². The fourth-order valence-corrected chi connectivity index (χ4v) is 2.33. The fourth-order valence-electron chi connectivity index (χ4n) is 2.33. The van der Waals surface area contributed by atoms with Crippen LogP contribution >= 0.6 is 0 Å². The molecule has 1 aliphatic heterocycles. The van der Waals surface area contributed by atoms with E-state index in [1.807, 2.05) is 24.3 Å². The van der Waals surface area contributed by atoms with E-state index in [9.17, 15) is 4.79 Å². The third-order valence-electron chi connectivity index (χ3n) is 3.53. The third-order valence-corrected chi connectivity index (χ3v) is 3.53. The normalized spacial score (nSPS) is 15.7. The third kappa shape index (κ3) is 6.66. The minimum atomic E-state index is -0.692. The van der Waals surface area contributed by atoms with Crippen LogP contribution in [0.4, 0.5) is 4.79 Å². The van der Waals surface area contributed by atoms with Crippen LogP contribution in [0.2, 0.25) is 0 Å². The summed E-state index contributed by atoms with van der Waals surface area (Å²) in [6, 6.07) is 6.85. The quantitative estimate of drug-likeness (QED) is 0.428. The zero-order chi connectivity index (χ0) is 16.3. The van der Waals surface area contributed by atoms with E-state index < -0.39 is 6.03 Å². The van der Waals surface area contributed by atoms with Crippen LogP contribution in [0.25, 0.3) is 0 Å². The summed E-state index contributed by atoms with van der Waals surface area (Å²) in [7, 11) is 0. The molecule has 1 aliphatic rings. The van der Waals surface area contributed by atoms with E-state index in [-0.39, 0.29) is 0 Å². The van der Waals surface area contributed by atoms with E-state index >= 15 is 0 Å². The number of hydrogen-bond acceptors (Lipinski definition) is 5. The van der Waals surface area contributed by atoms with Crippen molar-refractivity contribution in [2.45, 2.75) is 12.8 Å². The van der Waals surface area contributed by atoms with Crippen LogP contribution < -0.4 is 15.9 Å². The standard InChI is InChI=1S/C16H24N4O3/c17-16(21)19-18-13-14-5-1-2-6-15(14)23-10-4-3-7-20-8-11-22-12-9-20/h1-2,5-6,13H,3-4,7-12H2,(H3,17,19,21). The van der Waals surface area contributed by atoms with Crippen LogP contribution in [0.1, 0.15) is 18.4 Å². The number of hydrogen-bond donors (Lipinski definition) is 2. The summed E-state index contributed by atoms with van der Waals surface area (Å²) in [4.78, 5) is 13.0. The molecule has 23 heavy (non-hydrogen) atoms. The van der Waals surface area contributed by atoms with Crippen LogP contribution in [-0.4, -0.2) is 56.6 Å². The van der Waals surface area contributed by atoms with Gasteiger partial charge in [0.2, 0.25) is 0 Å². The molecule has 0 radical (unpaired) electrons. The van der Waals surface area contributed by atoms with Gasteiger partial charge < -0.3 is 15.2 Å². The Bertz CT molecular complexity index is 516. The number of nitrogens with zero attached hydrogens (tertiary/aromatic N) is 2. The molecule has 0 aliphatic carbocycles. The van der Waals surface area contributed by atoms with Gasteiger partial charge in [-0.25, -0.2) is 10.2 Å². The fraction of sp³-hybridized carbons (Fsp3) is 0.500. The van der Waals surface area contributed by atoms with E-state index in [0.717, 1.165) is 57.0 Å². The van der Waals surface area contributed by atoms with Crippen molar-refractivity contribution in [3.8, 4) is 5.75 Å². The van der Waals surface area contributed by atoms with Gasteiger partial charge in [-0.2, -0.15) is 5.10 Å². The lowest BCUT2D eigenvalue weighted by molar-refractivity contribution is 0.0368. The van der Waals surface area contributed by atoms with Crippen LogP contribution in [0.5, 0.6) is 5.75 Å². The lowest BCUT2D eigenvalue weighted by Crippen LogP contribution is -2.36. The van der Waals surface area contributed by atoms with E-state index in [4.69, 9.17) is 15.2 Å². The molecule has 0 spiro atoms. The lowest BCUT2D eigenvalue weighted by atomic mass is 10.2. The van der Waals surface area contributed by atoms with Gasteiger partial charge in [-0.05, 0) is 31.5 Å². The van der Waals surface area contributed by atoms with Gasteiger partial charge in [0, 0.05) is 18.7 Å². The van der Waals surface area contributed by atoms with Gasteiger partial charge in [-0.1, -0.05) is 12.1 Å². The molecule has 0 saturated carbocycles. The number of hydrazone groups is 1. The number of ether oxygens (including phenoxy) is 2. The molecule has 0 aromatic heterocycles. The zero-order valence-corrected chi connectivity index (χ0v) is 13.2. The number of para-hydroxylation sites is 1. The highest BCUT2D eigenvalue weighted by Crippen LogP contribution is 2.16. The van der Waals surface area contributed by atoms with Gasteiger partial charge >= 0.3 is 6.03 Å². The molecule has 1 saturated heterocycles. The van der Waals surface area contributed by atoms with Crippen LogP contribution in [0, 0.1) is 0 Å². The van der Waals surface area contributed by atoms with Crippen molar-refractivity contribution in [3.63, 3.8) is 0 Å². The number of rotatable bonds is 8. The van der Waals surface area contributed by atoms with E-state index in [1.165, 1.54) is 6.21 Å². The molecule has 1 heterocycles. The number of amides is 2. The van der Waals surface area contributed by atoms with Crippen molar-refractivity contribution < 1.29 is 14.3 Å². The average Bonchev–Trinajstić information content (AvgIpc) is 2.56. The first-order valence-electron chi connectivity index (χ1n) is 7.86. The Hall–Kier alpha value is -2.12. The van der Waals surface area contributed by atoms with Gasteiger partial charge in [-0.3, -0.25) is 4.90 Å². The second kappa shape index (κ2) is 9.81. The molecule has 3 N–H and O–H groups in total. The number of carbonyl (C=O) groups excluding carboxylic acids is 1. The Morgan fingerprint density at radius 1 is 1.35 bits per heavy atom. The molecule has 0 bridgehead atoms. The highest BCUT2D eigenvalue weighted by Gasteiger charge is 2.09. The Kier molecular flexibility index (Phi) is 7.35. The minimum absolute atomic E-state index is 0.651. The molecule has 2 rings (SSSR count). The topological polar surface area (TPSA) is 89.2 Å². The molecular formula is C16H24N4O3. The zero-order valence-electron chi connectivity index (χ0n) is 13.2. The molecule has 126 valence electrons. The SMILES string of the molecule is NC(=O)NN=Cc1ccccc1OCCCCN1CCOCC1. The second-order valence-corrected chi connectivity index (χ2v) is 5.28. The summed E-state index contributed by atoms with van der Waals surface area (Å²) >= 11 is 0. The van der Waals surface area contributed by atoms with Crippen molar-refractivity contribution in [2.24, 2.45) is 10.8 Å². The largest absolute Gasteiger partial charge is 0.493 e. The van der Waals surface area contributed by atoms with Crippen LogP contribution in [-0.2, 0) is 4.74 Å². The van der Waals surface area contributed by atoms with Gasteiger partial charge in [0.15, 0.2) is 0 Å². The predicted octanol–water partition coefficient (Wildman–Crippen LogP) is 1.18. The molecule has 7 heteroatoms. The minimum Gasteiger partial charge on any atom is -0.493 e. The number of urea groups is 1. The Morgan fingerprint density at radius 3 is 2.91 bits per heavy atom. The van der Waals surface area contributed by atoms with Crippen molar-refractivity contribution in [2.75, 3.05) is 39.5 Å². The summed E-state index contributed by atoms with van der Waals surface area (Å²) in [5.41, 5.74) is 7.93. The summed E-state index contributed by atoms with van der Waals surface area (Å²) in [6.45, 7) is 5.45. The average molecular weight is 320 g/mol. The number of benzene rings is 1. The first-order valence-corrected chi connectivity index (χ1v) is 7.86. The van der Waals surface area contributed by atoms with Crippen LogP contribution in [0.15, 0.2) is 29.4 Å². The predicted molar refractivity (Wildman–Crippen MR) is 88.7 cm³/mol. The highest BCUT2D eigenvalue weighted by molar-refractivity contribution is 5.84. The number of carbonyl (C=O) groups is 1. The Balaban J connectivity index is 1.70. The number of unbranched alkanes of at least 4 members (excludes halogenated alkanes) is 1. The van der Waals surface area contributed by atoms with Gasteiger partial charge in [0.25, 0.3) is 0 Å². The molecule has 1 fully saturated rings. The first kappa shape index (κ1) is 17.2. The smallest absolute Gasteiger partial charge is 0.332 e. The summed E-state index contributed by atoms with van der Waals surface area (Å²) in [5, 5.41) is 3.76. The summed E-state index contributed by atoms with van der Waals surface area (Å²) in [5.74, 6) is 0.744.